The van der Waals surface area contributed by atoms with Gasteiger partial charge in [-0.05, 0) is 73.8 Å². The summed E-state index contributed by atoms with van der Waals surface area (Å²) >= 11 is 3.54. The lowest BCUT2D eigenvalue weighted by molar-refractivity contribution is 0.366. The minimum Gasteiger partial charge on any atom is -0.337 e. The normalized spacial score (nSPS) is 16.8. The van der Waals surface area contributed by atoms with E-state index in [2.05, 4.69) is 45.1 Å². The first kappa shape index (κ1) is 14.8. The zero-order valence-corrected chi connectivity index (χ0v) is 14.2. The van der Waals surface area contributed by atoms with Crippen molar-refractivity contribution in [2.75, 3.05) is 24.5 Å². The van der Waals surface area contributed by atoms with E-state index in [0.717, 1.165) is 41.6 Å². The van der Waals surface area contributed by atoms with E-state index in [1.54, 1.807) is 0 Å². The number of nitrogens with one attached hydrogen (secondary N) is 1. The second-order valence-electron chi connectivity index (χ2n) is 5.98. The Balaban J connectivity index is 1.86. The lowest BCUT2D eigenvalue weighted by Crippen LogP contribution is -2.40. The van der Waals surface area contributed by atoms with Gasteiger partial charge in [0.1, 0.15) is 0 Å². The molecule has 3 rings (SSSR count). The van der Waals surface area contributed by atoms with E-state index in [9.17, 15) is 0 Å². The standard InChI is InChI=1S/C15H22BrN5/c1-11(2)20(10-12-5-7-17-8-6-12)15-18-14-13(16)4-3-9-21(14)19-15/h3-4,9,11-12,17H,5-8,10H2,1-2H3. The molecule has 0 saturated carbocycles. The summed E-state index contributed by atoms with van der Waals surface area (Å²) in [5.41, 5.74) is 0.878. The second-order valence-corrected chi connectivity index (χ2v) is 6.83. The van der Waals surface area contributed by atoms with Crippen LogP contribution in [0.4, 0.5) is 5.95 Å². The van der Waals surface area contributed by atoms with Crippen molar-refractivity contribution in [3.63, 3.8) is 0 Å². The van der Waals surface area contributed by atoms with Gasteiger partial charge in [0.2, 0.25) is 5.95 Å². The number of pyridine rings is 1. The van der Waals surface area contributed by atoms with Crippen LogP contribution in [0, 0.1) is 5.92 Å². The summed E-state index contributed by atoms with van der Waals surface area (Å²) < 4.78 is 2.83. The maximum absolute atomic E-state index is 4.71. The first-order valence-electron chi connectivity index (χ1n) is 7.63. The van der Waals surface area contributed by atoms with Gasteiger partial charge in [-0.25, -0.2) is 4.52 Å². The number of rotatable bonds is 4. The molecule has 5 nitrogen and oxygen atoms in total. The van der Waals surface area contributed by atoms with Crippen LogP contribution in [-0.4, -0.2) is 40.3 Å². The van der Waals surface area contributed by atoms with Crippen molar-refractivity contribution in [2.45, 2.75) is 32.7 Å². The molecule has 0 aliphatic carbocycles. The van der Waals surface area contributed by atoms with Crippen molar-refractivity contribution in [1.29, 1.82) is 0 Å². The molecule has 1 fully saturated rings. The van der Waals surface area contributed by atoms with Crippen molar-refractivity contribution in [2.24, 2.45) is 5.92 Å². The number of halogens is 1. The van der Waals surface area contributed by atoms with E-state index in [0.29, 0.717) is 6.04 Å². The van der Waals surface area contributed by atoms with Gasteiger partial charge in [0, 0.05) is 18.8 Å². The predicted octanol–water partition coefficient (Wildman–Crippen LogP) is 2.71. The fourth-order valence-electron chi connectivity index (χ4n) is 2.85. The van der Waals surface area contributed by atoms with Gasteiger partial charge in [0.05, 0.1) is 4.47 Å². The third kappa shape index (κ3) is 3.21. The molecule has 0 bridgehead atoms. The number of fused-ring (bicyclic) bond motifs is 1. The Morgan fingerprint density at radius 2 is 2.19 bits per heavy atom. The highest BCUT2D eigenvalue weighted by Gasteiger charge is 2.22. The fraction of sp³-hybridized carbons (Fsp3) is 0.600. The van der Waals surface area contributed by atoms with E-state index < -0.39 is 0 Å². The second kappa shape index (κ2) is 6.32. The molecular formula is C15H22BrN5. The van der Waals surface area contributed by atoms with Crippen LogP contribution in [0.3, 0.4) is 0 Å². The van der Waals surface area contributed by atoms with E-state index in [1.807, 2.05) is 22.8 Å². The van der Waals surface area contributed by atoms with Crippen LogP contribution in [0.1, 0.15) is 26.7 Å². The number of piperidine rings is 1. The summed E-state index contributed by atoms with van der Waals surface area (Å²) in [6.45, 7) is 7.71. The summed E-state index contributed by atoms with van der Waals surface area (Å²) in [5, 5.41) is 8.07. The average molecular weight is 352 g/mol. The quantitative estimate of drug-likeness (QED) is 0.919. The molecule has 3 heterocycles. The first-order valence-corrected chi connectivity index (χ1v) is 8.42. The number of hydrogen-bond acceptors (Lipinski definition) is 4. The molecule has 2 aromatic rings. The molecule has 6 heteroatoms. The Morgan fingerprint density at radius 1 is 1.43 bits per heavy atom. The molecular weight excluding hydrogens is 330 g/mol. The van der Waals surface area contributed by atoms with Crippen molar-refractivity contribution in [3.8, 4) is 0 Å². The Labute approximate surface area is 133 Å². The van der Waals surface area contributed by atoms with Crippen LogP contribution < -0.4 is 10.2 Å². The molecule has 1 N–H and O–H groups in total. The topological polar surface area (TPSA) is 45.5 Å². The fourth-order valence-corrected chi connectivity index (χ4v) is 3.27. The summed E-state index contributed by atoms with van der Waals surface area (Å²) in [5.74, 6) is 1.55. The SMILES string of the molecule is CC(C)N(CC1CCNCC1)c1nc2c(Br)cccn2n1. The van der Waals surface area contributed by atoms with Gasteiger partial charge in [-0.15, -0.1) is 5.10 Å². The van der Waals surface area contributed by atoms with Gasteiger partial charge in [-0.2, -0.15) is 4.98 Å². The molecule has 0 spiro atoms. The van der Waals surface area contributed by atoms with Crippen molar-refractivity contribution >= 4 is 27.5 Å². The zero-order chi connectivity index (χ0) is 14.8. The average Bonchev–Trinajstić information content (AvgIpc) is 2.91. The highest BCUT2D eigenvalue weighted by molar-refractivity contribution is 9.10. The van der Waals surface area contributed by atoms with Crippen LogP contribution in [0.2, 0.25) is 0 Å². The predicted molar refractivity (Wildman–Crippen MR) is 88.8 cm³/mol. The Bertz CT molecular complexity index is 603. The van der Waals surface area contributed by atoms with Crippen molar-refractivity contribution < 1.29 is 0 Å². The van der Waals surface area contributed by atoms with Gasteiger partial charge in [0.15, 0.2) is 5.65 Å². The summed E-state index contributed by atoms with van der Waals surface area (Å²) in [7, 11) is 0. The molecule has 1 saturated heterocycles. The summed E-state index contributed by atoms with van der Waals surface area (Å²) in [6, 6.07) is 4.37. The molecule has 0 radical (unpaired) electrons. The lowest BCUT2D eigenvalue weighted by Gasteiger charge is -2.32. The van der Waals surface area contributed by atoms with Crippen LogP contribution in [0.5, 0.6) is 0 Å². The Kier molecular flexibility index (Phi) is 4.45. The molecule has 2 aromatic heterocycles. The zero-order valence-electron chi connectivity index (χ0n) is 12.6. The number of anilines is 1. The maximum Gasteiger partial charge on any atom is 0.245 e. The minimum absolute atomic E-state index is 0.399. The van der Waals surface area contributed by atoms with Crippen LogP contribution >= 0.6 is 15.9 Å². The van der Waals surface area contributed by atoms with Gasteiger partial charge >= 0.3 is 0 Å². The van der Waals surface area contributed by atoms with Crippen LogP contribution in [0.15, 0.2) is 22.8 Å². The molecule has 1 aliphatic rings. The van der Waals surface area contributed by atoms with Crippen LogP contribution in [-0.2, 0) is 0 Å². The smallest absolute Gasteiger partial charge is 0.245 e. The summed E-state index contributed by atoms with van der Waals surface area (Å²) in [4.78, 5) is 7.04. The van der Waals surface area contributed by atoms with Crippen LogP contribution in [0.25, 0.3) is 5.65 Å². The summed E-state index contributed by atoms with van der Waals surface area (Å²) in [6.07, 6.45) is 4.42. The molecule has 0 aromatic carbocycles. The molecule has 0 unspecified atom stereocenters. The Morgan fingerprint density at radius 3 is 2.86 bits per heavy atom. The lowest BCUT2D eigenvalue weighted by atomic mass is 9.97. The maximum atomic E-state index is 4.71. The van der Waals surface area contributed by atoms with E-state index >= 15 is 0 Å². The number of aromatic nitrogens is 3. The molecule has 114 valence electrons. The number of hydrogen-bond donors (Lipinski definition) is 1. The largest absolute Gasteiger partial charge is 0.337 e. The van der Waals surface area contributed by atoms with Gasteiger partial charge in [0.25, 0.3) is 0 Å². The van der Waals surface area contributed by atoms with Gasteiger partial charge < -0.3 is 10.2 Å². The monoisotopic (exact) mass is 351 g/mol. The molecule has 1 aliphatic heterocycles. The van der Waals surface area contributed by atoms with Gasteiger partial charge in [-0.3, -0.25) is 0 Å². The third-order valence-corrected chi connectivity index (χ3v) is 4.72. The van der Waals surface area contributed by atoms with Crippen molar-refractivity contribution in [1.82, 2.24) is 19.9 Å². The van der Waals surface area contributed by atoms with E-state index in [4.69, 9.17) is 4.98 Å². The first-order chi connectivity index (χ1) is 10.1. The number of nitrogens with zero attached hydrogens (tertiary/aromatic N) is 4. The van der Waals surface area contributed by atoms with E-state index in [1.165, 1.54) is 12.8 Å². The molecule has 0 atom stereocenters. The molecule has 0 amide bonds. The highest BCUT2D eigenvalue weighted by Crippen LogP contribution is 2.22. The molecule has 21 heavy (non-hydrogen) atoms. The highest BCUT2D eigenvalue weighted by atomic mass is 79.9. The Hall–Kier alpha value is -1.14. The minimum atomic E-state index is 0.399. The third-order valence-electron chi connectivity index (χ3n) is 4.10. The van der Waals surface area contributed by atoms with Crippen molar-refractivity contribution in [3.05, 3.63) is 22.8 Å². The van der Waals surface area contributed by atoms with Gasteiger partial charge in [-0.1, -0.05) is 0 Å². The van der Waals surface area contributed by atoms with E-state index in [-0.39, 0.29) is 0 Å².